The molecule has 3 heterocycles. The lowest BCUT2D eigenvalue weighted by atomic mass is 9.91. The zero-order chi connectivity index (χ0) is 24.6. The molecule has 0 unspecified atom stereocenters. The van der Waals surface area contributed by atoms with Crippen molar-refractivity contribution in [2.75, 3.05) is 31.5 Å². The Labute approximate surface area is 205 Å². The van der Waals surface area contributed by atoms with Crippen LogP contribution in [0.25, 0.3) is 11.1 Å². The number of piperidine rings is 1. The number of hydrogen-bond acceptors (Lipinski definition) is 5. The maximum Gasteiger partial charge on any atom is 0.260 e. The fourth-order valence-electron chi connectivity index (χ4n) is 5.02. The van der Waals surface area contributed by atoms with E-state index in [0.717, 1.165) is 56.7 Å². The van der Waals surface area contributed by atoms with Gasteiger partial charge in [0, 0.05) is 49.5 Å². The second kappa shape index (κ2) is 9.57. The van der Waals surface area contributed by atoms with Gasteiger partial charge >= 0.3 is 0 Å². The van der Waals surface area contributed by atoms with E-state index in [4.69, 9.17) is 4.74 Å². The number of fused-ring (bicyclic) bond motifs is 1. The van der Waals surface area contributed by atoms with Gasteiger partial charge in [-0.2, -0.15) is 0 Å². The van der Waals surface area contributed by atoms with E-state index in [2.05, 4.69) is 39.8 Å². The average molecular weight is 478 g/mol. The lowest BCUT2D eigenvalue weighted by Crippen LogP contribution is -2.39. The number of rotatable bonds is 6. The summed E-state index contributed by atoms with van der Waals surface area (Å²) >= 11 is 0. The van der Waals surface area contributed by atoms with E-state index in [9.17, 15) is 14.3 Å². The van der Waals surface area contributed by atoms with E-state index in [1.54, 1.807) is 6.07 Å². The van der Waals surface area contributed by atoms with Gasteiger partial charge in [-0.15, -0.1) is 0 Å². The Balaban J connectivity index is 1.27. The maximum atomic E-state index is 13.9. The van der Waals surface area contributed by atoms with Crippen molar-refractivity contribution in [1.29, 1.82) is 0 Å². The molecule has 1 saturated heterocycles. The quantitative estimate of drug-likeness (QED) is 0.434. The lowest BCUT2D eigenvalue weighted by molar-refractivity contribution is -0.111. The number of benzene rings is 2. The first kappa shape index (κ1) is 23.7. The van der Waals surface area contributed by atoms with Gasteiger partial charge in [0.05, 0.1) is 11.7 Å². The number of nitrogens with zero attached hydrogens (tertiary/aromatic N) is 1. The highest BCUT2D eigenvalue weighted by atomic mass is 19.1. The van der Waals surface area contributed by atoms with E-state index >= 15 is 0 Å². The number of nitrogens with one attached hydrogen (secondary N) is 2. The molecule has 35 heavy (non-hydrogen) atoms. The van der Waals surface area contributed by atoms with Gasteiger partial charge < -0.3 is 25.4 Å². The van der Waals surface area contributed by atoms with Crippen molar-refractivity contribution in [1.82, 2.24) is 10.2 Å². The number of allylic oxidation sites excluding steroid dienone is 1. The summed E-state index contributed by atoms with van der Waals surface area (Å²) in [6.45, 7) is 8.55. The van der Waals surface area contributed by atoms with Gasteiger partial charge in [0.1, 0.15) is 17.2 Å². The number of aliphatic hydroxyl groups is 1. The number of halogens is 1. The second-order valence-electron chi connectivity index (χ2n) is 10.0. The lowest BCUT2D eigenvalue weighted by Gasteiger charge is -2.29. The molecule has 0 saturated carbocycles. The normalized spacial score (nSPS) is 22.1. The van der Waals surface area contributed by atoms with Crippen molar-refractivity contribution in [2.24, 2.45) is 0 Å². The number of anilines is 1. The molecule has 0 radical (unpaired) electrons. The molecule has 1 fully saturated rings. The molecule has 1 amide bonds. The number of aliphatic hydroxyl groups excluding tert-OH is 1. The van der Waals surface area contributed by atoms with Gasteiger partial charge in [0.2, 0.25) is 0 Å². The molecular weight excluding hydrogens is 445 g/mol. The molecule has 6 nitrogen and oxygen atoms in total. The molecule has 0 aromatic heterocycles. The summed E-state index contributed by atoms with van der Waals surface area (Å²) in [7, 11) is 0. The van der Waals surface area contributed by atoms with E-state index < -0.39 is 11.4 Å². The van der Waals surface area contributed by atoms with Crippen LogP contribution < -0.4 is 10.6 Å². The van der Waals surface area contributed by atoms with Crippen LogP contribution in [0.4, 0.5) is 10.1 Å². The van der Waals surface area contributed by atoms with Crippen LogP contribution in [0.3, 0.4) is 0 Å². The Bertz CT molecular complexity index is 1180. The molecule has 0 atom stereocenters. The fourth-order valence-corrected chi connectivity index (χ4v) is 5.02. The van der Waals surface area contributed by atoms with Crippen LogP contribution in [0.15, 0.2) is 54.3 Å². The first-order valence-electron chi connectivity index (χ1n) is 12.3. The minimum atomic E-state index is -0.625. The van der Waals surface area contributed by atoms with Crippen LogP contribution in [0.2, 0.25) is 0 Å². The summed E-state index contributed by atoms with van der Waals surface area (Å²) in [6.07, 6.45) is 3.50. The summed E-state index contributed by atoms with van der Waals surface area (Å²) < 4.78 is 20.1. The number of likely N-dealkylation sites (tertiary alicyclic amines) is 1. The average Bonchev–Trinajstić information content (AvgIpc) is 3.32. The smallest absolute Gasteiger partial charge is 0.260 e. The van der Waals surface area contributed by atoms with Crippen molar-refractivity contribution in [3.05, 3.63) is 76.8 Å². The molecule has 3 N–H and O–H groups in total. The third kappa shape index (κ3) is 5.03. The number of hydrogen-bond donors (Lipinski definition) is 3. The van der Waals surface area contributed by atoms with Gasteiger partial charge in [-0.1, -0.05) is 24.3 Å². The summed E-state index contributed by atoms with van der Waals surface area (Å²) in [4.78, 5) is 15.0. The minimum absolute atomic E-state index is 0.135. The molecule has 0 aliphatic carbocycles. The van der Waals surface area contributed by atoms with E-state index in [1.807, 2.05) is 19.9 Å². The molecule has 184 valence electrons. The molecule has 2 aromatic carbocycles. The Morgan fingerprint density at radius 1 is 1.17 bits per heavy atom. The topological polar surface area (TPSA) is 73.8 Å². The monoisotopic (exact) mass is 477 g/mol. The van der Waals surface area contributed by atoms with Crippen molar-refractivity contribution in [3.63, 3.8) is 0 Å². The second-order valence-corrected chi connectivity index (χ2v) is 10.0. The molecule has 2 aromatic rings. The van der Waals surface area contributed by atoms with Crippen LogP contribution in [0.5, 0.6) is 0 Å². The van der Waals surface area contributed by atoms with Gasteiger partial charge in [0.25, 0.3) is 5.91 Å². The van der Waals surface area contributed by atoms with Crippen molar-refractivity contribution < 1.29 is 19.0 Å². The van der Waals surface area contributed by atoms with Gasteiger partial charge in [-0.25, -0.2) is 4.39 Å². The SMILES string of the molecule is CC1(C)O/C(=C2/C(=O)Nc3ccc(F)cc32)C=C1c1ccc(CNCCN2CCC(O)CC2)cc1. The molecule has 3 aliphatic rings. The summed E-state index contributed by atoms with van der Waals surface area (Å²) in [6, 6.07) is 12.6. The molecule has 7 heteroatoms. The Hall–Kier alpha value is -3.00. The highest BCUT2D eigenvalue weighted by molar-refractivity contribution is 6.32. The highest BCUT2D eigenvalue weighted by Crippen LogP contribution is 2.44. The summed E-state index contributed by atoms with van der Waals surface area (Å²) in [5.74, 6) is -0.211. The van der Waals surface area contributed by atoms with E-state index in [-0.39, 0.29) is 12.0 Å². The largest absolute Gasteiger partial charge is 0.482 e. The number of carbonyl (C=O) groups is 1. The number of carbonyl (C=O) groups excluding carboxylic acids is 1. The summed E-state index contributed by atoms with van der Waals surface area (Å²) in [5.41, 5.74) is 4.06. The van der Waals surface area contributed by atoms with Crippen molar-refractivity contribution in [3.8, 4) is 0 Å². The fraction of sp³-hybridized carbons (Fsp3) is 0.393. The zero-order valence-electron chi connectivity index (χ0n) is 20.2. The zero-order valence-corrected chi connectivity index (χ0v) is 20.2. The maximum absolute atomic E-state index is 13.9. The van der Waals surface area contributed by atoms with E-state index in [0.29, 0.717) is 22.6 Å². The van der Waals surface area contributed by atoms with Crippen LogP contribution >= 0.6 is 0 Å². The molecule has 5 rings (SSSR count). The number of ether oxygens (including phenoxy) is 1. The third-order valence-electron chi connectivity index (χ3n) is 7.02. The number of amides is 1. The van der Waals surface area contributed by atoms with Crippen molar-refractivity contribution >= 4 is 22.7 Å². The molecular formula is C28H32FN3O3. The first-order chi connectivity index (χ1) is 16.8. The minimum Gasteiger partial charge on any atom is -0.482 e. The van der Waals surface area contributed by atoms with E-state index in [1.165, 1.54) is 17.7 Å². The van der Waals surface area contributed by atoms with Gasteiger partial charge in [-0.3, -0.25) is 4.79 Å². The standard InChI is InChI=1S/C28H32FN3O3/c1-28(2)23(16-25(35-28)26-22-15-20(29)7-8-24(22)31-27(26)34)19-5-3-18(4-6-19)17-30-11-14-32-12-9-21(33)10-13-32/h3-8,15-16,21,30,33H,9-14,17H2,1-2H3,(H,31,34)/b26-25+. The Kier molecular flexibility index (Phi) is 6.49. The predicted molar refractivity (Wildman–Crippen MR) is 135 cm³/mol. The third-order valence-corrected chi connectivity index (χ3v) is 7.02. The Morgan fingerprint density at radius 3 is 2.66 bits per heavy atom. The predicted octanol–water partition coefficient (Wildman–Crippen LogP) is 3.93. The van der Waals surface area contributed by atoms with Crippen molar-refractivity contribution in [2.45, 2.75) is 44.9 Å². The van der Waals surface area contributed by atoms with Crippen LogP contribution in [-0.4, -0.2) is 53.8 Å². The van der Waals surface area contributed by atoms with Crippen LogP contribution in [-0.2, 0) is 16.1 Å². The van der Waals surface area contributed by atoms with Gasteiger partial charge in [0.15, 0.2) is 0 Å². The van der Waals surface area contributed by atoms with Crippen LogP contribution in [0, 0.1) is 5.82 Å². The molecule has 0 bridgehead atoms. The molecule has 0 spiro atoms. The van der Waals surface area contributed by atoms with Crippen LogP contribution in [0.1, 0.15) is 43.4 Å². The highest BCUT2D eigenvalue weighted by Gasteiger charge is 2.38. The first-order valence-corrected chi connectivity index (χ1v) is 12.3. The van der Waals surface area contributed by atoms with Gasteiger partial charge in [-0.05, 0) is 62.1 Å². The molecule has 3 aliphatic heterocycles. The summed E-state index contributed by atoms with van der Waals surface area (Å²) in [5, 5.41) is 15.9. The Morgan fingerprint density at radius 2 is 1.91 bits per heavy atom.